The SMILES string of the molecule is O=S(=O)(Nc1ccc(OCC(F)(F)F)nc1)c1cccc(Cl)c1O. The standard InChI is InChI=1S/C13H10ClF3N2O4S/c14-9-2-1-3-10(12(9)20)24(21,22)19-8-4-5-11(18-6-8)23-7-13(15,16)17/h1-6,19-20H,7H2. The molecule has 0 aliphatic carbocycles. The van der Waals surface area contributed by atoms with Gasteiger partial charge in [-0.1, -0.05) is 17.7 Å². The molecule has 0 spiro atoms. The number of sulfonamides is 1. The van der Waals surface area contributed by atoms with Crippen molar-refractivity contribution in [2.75, 3.05) is 11.3 Å². The fraction of sp³-hybridized carbons (Fsp3) is 0.154. The van der Waals surface area contributed by atoms with Crippen LogP contribution >= 0.6 is 11.6 Å². The molecule has 0 fully saturated rings. The summed E-state index contributed by atoms with van der Waals surface area (Å²) >= 11 is 5.65. The van der Waals surface area contributed by atoms with E-state index in [0.717, 1.165) is 24.4 Å². The molecule has 0 aliphatic rings. The van der Waals surface area contributed by atoms with E-state index in [2.05, 4.69) is 14.4 Å². The summed E-state index contributed by atoms with van der Waals surface area (Å²) in [5.41, 5.74) is -0.0336. The lowest BCUT2D eigenvalue weighted by molar-refractivity contribution is -0.154. The largest absolute Gasteiger partial charge is 0.505 e. The van der Waals surface area contributed by atoms with Crippen LogP contribution in [0.25, 0.3) is 0 Å². The van der Waals surface area contributed by atoms with Crippen LogP contribution in [0.1, 0.15) is 0 Å². The van der Waals surface area contributed by atoms with Gasteiger partial charge in [-0.15, -0.1) is 0 Å². The fourth-order valence-corrected chi connectivity index (χ4v) is 3.00. The Bertz CT molecular complexity index is 826. The fourth-order valence-electron chi connectivity index (χ4n) is 1.60. The first-order chi connectivity index (χ1) is 11.1. The van der Waals surface area contributed by atoms with Gasteiger partial charge in [0, 0.05) is 6.07 Å². The van der Waals surface area contributed by atoms with Crippen molar-refractivity contribution in [2.24, 2.45) is 0 Å². The third kappa shape index (κ3) is 4.65. The van der Waals surface area contributed by atoms with Gasteiger partial charge in [-0.3, -0.25) is 4.72 Å². The molecular formula is C13H10ClF3N2O4S. The first-order valence-electron chi connectivity index (χ1n) is 6.24. The summed E-state index contributed by atoms with van der Waals surface area (Å²) < 4.78 is 66.9. The second-order valence-electron chi connectivity index (χ2n) is 4.48. The van der Waals surface area contributed by atoms with E-state index in [-0.39, 0.29) is 16.6 Å². The van der Waals surface area contributed by atoms with E-state index < -0.39 is 33.5 Å². The summed E-state index contributed by atoms with van der Waals surface area (Å²) in [6.07, 6.45) is -3.53. The molecule has 2 aromatic rings. The first kappa shape index (κ1) is 18.1. The summed E-state index contributed by atoms with van der Waals surface area (Å²) in [6.45, 7) is -1.51. The summed E-state index contributed by atoms with van der Waals surface area (Å²) in [5.74, 6) is -0.939. The minimum absolute atomic E-state index is 0.0336. The molecule has 0 saturated heterocycles. The summed E-state index contributed by atoms with van der Waals surface area (Å²) in [6, 6.07) is 6.02. The zero-order valence-corrected chi connectivity index (χ0v) is 13.3. The first-order valence-corrected chi connectivity index (χ1v) is 8.10. The van der Waals surface area contributed by atoms with E-state index in [0.29, 0.717) is 0 Å². The van der Waals surface area contributed by atoms with Gasteiger partial charge in [0.05, 0.1) is 16.9 Å². The number of rotatable bonds is 5. The van der Waals surface area contributed by atoms with Gasteiger partial charge in [-0.2, -0.15) is 13.2 Å². The minimum atomic E-state index is -4.51. The predicted molar refractivity (Wildman–Crippen MR) is 79.7 cm³/mol. The number of benzene rings is 1. The number of aromatic hydroxyl groups is 1. The molecule has 0 radical (unpaired) electrons. The smallest absolute Gasteiger partial charge is 0.422 e. The topological polar surface area (TPSA) is 88.5 Å². The van der Waals surface area contributed by atoms with Crippen LogP contribution in [0.5, 0.6) is 11.6 Å². The van der Waals surface area contributed by atoms with E-state index in [9.17, 15) is 26.7 Å². The Balaban J connectivity index is 2.14. The van der Waals surface area contributed by atoms with Crippen molar-refractivity contribution in [3.63, 3.8) is 0 Å². The zero-order chi connectivity index (χ0) is 18.0. The summed E-state index contributed by atoms with van der Waals surface area (Å²) in [4.78, 5) is 3.11. The Morgan fingerprint density at radius 1 is 1.25 bits per heavy atom. The van der Waals surface area contributed by atoms with Crippen LogP contribution in [0.2, 0.25) is 5.02 Å². The average molecular weight is 383 g/mol. The van der Waals surface area contributed by atoms with Gasteiger partial charge in [0.2, 0.25) is 5.88 Å². The minimum Gasteiger partial charge on any atom is -0.505 e. The highest BCUT2D eigenvalue weighted by Gasteiger charge is 2.28. The molecule has 0 saturated carbocycles. The van der Waals surface area contributed by atoms with E-state index in [1.807, 2.05) is 0 Å². The molecular weight excluding hydrogens is 373 g/mol. The molecule has 6 nitrogen and oxygen atoms in total. The van der Waals surface area contributed by atoms with E-state index in [4.69, 9.17) is 11.6 Å². The Labute approximate surface area is 139 Å². The van der Waals surface area contributed by atoms with Gasteiger partial charge in [-0.25, -0.2) is 13.4 Å². The molecule has 0 bridgehead atoms. The highest BCUT2D eigenvalue weighted by Crippen LogP contribution is 2.31. The molecule has 24 heavy (non-hydrogen) atoms. The van der Waals surface area contributed by atoms with Gasteiger partial charge < -0.3 is 9.84 Å². The number of para-hydroxylation sites is 1. The van der Waals surface area contributed by atoms with Crippen molar-refractivity contribution in [2.45, 2.75) is 11.1 Å². The Morgan fingerprint density at radius 3 is 2.54 bits per heavy atom. The van der Waals surface area contributed by atoms with Crippen molar-refractivity contribution in [3.05, 3.63) is 41.6 Å². The number of phenolic OH excluding ortho intramolecular Hbond substituents is 1. The molecule has 2 rings (SSSR count). The average Bonchev–Trinajstić information content (AvgIpc) is 2.48. The monoisotopic (exact) mass is 382 g/mol. The Hall–Kier alpha value is -2.20. The predicted octanol–water partition coefficient (Wildman–Crippen LogP) is 3.18. The van der Waals surface area contributed by atoms with Crippen molar-refractivity contribution < 1.29 is 31.4 Å². The molecule has 11 heteroatoms. The van der Waals surface area contributed by atoms with Crippen LogP contribution in [0.3, 0.4) is 0 Å². The number of hydrogen-bond acceptors (Lipinski definition) is 5. The molecule has 2 N–H and O–H groups in total. The Morgan fingerprint density at radius 2 is 1.96 bits per heavy atom. The number of hydrogen-bond donors (Lipinski definition) is 2. The quantitative estimate of drug-likeness (QED) is 0.829. The molecule has 0 amide bonds. The van der Waals surface area contributed by atoms with Gasteiger partial charge in [-0.05, 0) is 18.2 Å². The van der Waals surface area contributed by atoms with Gasteiger partial charge >= 0.3 is 6.18 Å². The molecule has 1 aromatic heterocycles. The van der Waals surface area contributed by atoms with Crippen molar-refractivity contribution in [1.29, 1.82) is 0 Å². The maximum Gasteiger partial charge on any atom is 0.422 e. The van der Waals surface area contributed by atoms with Crippen LogP contribution in [0.15, 0.2) is 41.4 Å². The molecule has 130 valence electrons. The van der Waals surface area contributed by atoms with Crippen molar-refractivity contribution in [1.82, 2.24) is 4.98 Å². The van der Waals surface area contributed by atoms with E-state index in [1.54, 1.807) is 0 Å². The molecule has 0 unspecified atom stereocenters. The lowest BCUT2D eigenvalue weighted by Crippen LogP contribution is -2.19. The number of ether oxygens (including phenoxy) is 1. The van der Waals surface area contributed by atoms with Crippen LogP contribution in [0.4, 0.5) is 18.9 Å². The maximum atomic E-state index is 12.2. The summed E-state index contributed by atoms with van der Waals surface area (Å²) in [5, 5.41) is 9.56. The lowest BCUT2D eigenvalue weighted by atomic mass is 10.3. The van der Waals surface area contributed by atoms with Crippen LogP contribution in [0, 0.1) is 0 Å². The Kier molecular flexibility index (Phi) is 5.09. The number of aromatic nitrogens is 1. The van der Waals surface area contributed by atoms with Crippen molar-refractivity contribution >= 4 is 27.3 Å². The highest BCUT2D eigenvalue weighted by molar-refractivity contribution is 7.92. The van der Waals surface area contributed by atoms with E-state index in [1.165, 1.54) is 12.1 Å². The number of halogens is 4. The number of nitrogens with zero attached hydrogens (tertiary/aromatic N) is 1. The third-order valence-electron chi connectivity index (χ3n) is 2.61. The lowest BCUT2D eigenvalue weighted by Gasteiger charge is -2.11. The number of nitrogens with one attached hydrogen (secondary N) is 1. The number of alkyl halides is 3. The number of anilines is 1. The second kappa shape index (κ2) is 6.73. The van der Waals surface area contributed by atoms with E-state index >= 15 is 0 Å². The van der Waals surface area contributed by atoms with Gasteiger partial charge in [0.15, 0.2) is 12.4 Å². The molecule has 1 heterocycles. The summed E-state index contributed by atoms with van der Waals surface area (Å²) in [7, 11) is -4.16. The third-order valence-corrected chi connectivity index (χ3v) is 4.33. The van der Waals surface area contributed by atoms with Gasteiger partial charge in [0.1, 0.15) is 4.90 Å². The van der Waals surface area contributed by atoms with Crippen LogP contribution < -0.4 is 9.46 Å². The molecule has 0 atom stereocenters. The van der Waals surface area contributed by atoms with Crippen LogP contribution in [-0.4, -0.2) is 31.3 Å². The normalized spacial score (nSPS) is 12.0. The van der Waals surface area contributed by atoms with Gasteiger partial charge in [0.25, 0.3) is 10.0 Å². The molecule has 0 aliphatic heterocycles. The zero-order valence-electron chi connectivity index (χ0n) is 11.7. The maximum absolute atomic E-state index is 12.2. The highest BCUT2D eigenvalue weighted by atomic mass is 35.5. The molecule has 1 aromatic carbocycles. The van der Waals surface area contributed by atoms with Crippen molar-refractivity contribution in [3.8, 4) is 11.6 Å². The number of phenols is 1. The van der Waals surface area contributed by atoms with Crippen LogP contribution in [-0.2, 0) is 10.0 Å². The second-order valence-corrected chi connectivity index (χ2v) is 6.54. The number of pyridine rings is 1.